The predicted octanol–water partition coefficient (Wildman–Crippen LogP) is 4.98. The average molecular weight is 406 g/mol. The number of aromatic nitrogens is 4. The van der Waals surface area contributed by atoms with Crippen molar-refractivity contribution in [1.82, 2.24) is 19.7 Å². The Hall–Kier alpha value is -3.22. The number of hydrogen-bond acceptors (Lipinski definition) is 5. The van der Waals surface area contributed by atoms with Gasteiger partial charge in [-0.1, -0.05) is 25.7 Å². The molecule has 4 rings (SSSR count). The third-order valence-electron chi connectivity index (χ3n) is 5.47. The molecular weight excluding hydrogens is 378 g/mol. The summed E-state index contributed by atoms with van der Waals surface area (Å²) in [6.07, 6.45) is 8.18. The van der Waals surface area contributed by atoms with Gasteiger partial charge in [0, 0.05) is 23.9 Å². The Bertz CT molecular complexity index is 1010. The maximum atomic E-state index is 12.2. The molecule has 3 aromatic rings. The lowest BCUT2D eigenvalue weighted by Gasteiger charge is -2.10. The van der Waals surface area contributed by atoms with Crippen LogP contribution in [0.3, 0.4) is 0 Å². The molecule has 30 heavy (non-hydrogen) atoms. The fourth-order valence-electron chi connectivity index (χ4n) is 3.95. The quantitative estimate of drug-likeness (QED) is 0.599. The minimum Gasteiger partial charge on any atom is -0.439 e. The molecule has 1 N–H and O–H groups in total. The highest BCUT2D eigenvalue weighted by Gasteiger charge is 2.16. The maximum Gasteiger partial charge on any atom is 0.224 e. The molecule has 2 heterocycles. The fourth-order valence-corrected chi connectivity index (χ4v) is 3.95. The van der Waals surface area contributed by atoms with Crippen molar-refractivity contribution in [3.8, 4) is 17.4 Å². The Labute approximate surface area is 176 Å². The van der Waals surface area contributed by atoms with Gasteiger partial charge in [-0.2, -0.15) is 5.10 Å². The molecule has 1 amide bonds. The van der Waals surface area contributed by atoms with Crippen molar-refractivity contribution >= 4 is 11.6 Å². The van der Waals surface area contributed by atoms with Crippen molar-refractivity contribution in [2.75, 3.05) is 5.32 Å². The Morgan fingerprint density at radius 1 is 1.13 bits per heavy atom. The summed E-state index contributed by atoms with van der Waals surface area (Å²) in [7, 11) is 0. The van der Waals surface area contributed by atoms with Crippen LogP contribution in [0.5, 0.6) is 11.6 Å². The number of anilines is 1. The highest BCUT2D eigenvalue weighted by atomic mass is 16.5. The van der Waals surface area contributed by atoms with Crippen molar-refractivity contribution < 1.29 is 9.53 Å². The molecule has 7 heteroatoms. The summed E-state index contributed by atoms with van der Waals surface area (Å²) in [5.74, 6) is 2.51. The predicted molar refractivity (Wildman–Crippen MR) is 115 cm³/mol. The number of nitrogens with zero attached hydrogens (tertiary/aromatic N) is 4. The van der Waals surface area contributed by atoms with Crippen LogP contribution in [0.4, 0.5) is 5.69 Å². The largest absolute Gasteiger partial charge is 0.439 e. The summed E-state index contributed by atoms with van der Waals surface area (Å²) in [6.45, 7) is 3.92. The number of nitrogens with one attached hydrogen (secondary N) is 1. The second-order valence-corrected chi connectivity index (χ2v) is 7.92. The molecule has 0 aliphatic heterocycles. The van der Waals surface area contributed by atoms with Crippen molar-refractivity contribution in [2.24, 2.45) is 5.92 Å². The molecule has 1 aliphatic carbocycles. The van der Waals surface area contributed by atoms with Gasteiger partial charge in [0.2, 0.25) is 11.8 Å². The van der Waals surface area contributed by atoms with Crippen LogP contribution in [0.1, 0.15) is 49.9 Å². The Balaban J connectivity index is 1.35. The molecule has 7 nitrogen and oxygen atoms in total. The van der Waals surface area contributed by atoms with Gasteiger partial charge in [0.15, 0.2) is 5.82 Å². The van der Waals surface area contributed by atoms with E-state index < -0.39 is 0 Å². The smallest absolute Gasteiger partial charge is 0.224 e. The van der Waals surface area contributed by atoms with E-state index in [4.69, 9.17) is 4.74 Å². The maximum absolute atomic E-state index is 12.2. The molecule has 0 spiro atoms. The second-order valence-electron chi connectivity index (χ2n) is 7.92. The normalized spacial score (nSPS) is 14.1. The molecule has 1 fully saturated rings. The first kappa shape index (κ1) is 20.1. The van der Waals surface area contributed by atoms with E-state index in [1.54, 1.807) is 10.7 Å². The van der Waals surface area contributed by atoms with Gasteiger partial charge < -0.3 is 10.1 Å². The van der Waals surface area contributed by atoms with E-state index in [9.17, 15) is 4.79 Å². The van der Waals surface area contributed by atoms with Crippen LogP contribution >= 0.6 is 0 Å². The molecule has 0 unspecified atom stereocenters. The zero-order valence-electron chi connectivity index (χ0n) is 17.5. The van der Waals surface area contributed by atoms with Gasteiger partial charge in [-0.25, -0.2) is 14.6 Å². The minimum atomic E-state index is 0.0703. The highest BCUT2D eigenvalue weighted by Crippen LogP contribution is 2.29. The second kappa shape index (κ2) is 9.07. The lowest BCUT2D eigenvalue weighted by atomic mass is 10.0. The summed E-state index contributed by atoms with van der Waals surface area (Å²) < 4.78 is 7.62. The third-order valence-corrected chi connectivity index (χ3v) is 5.47. The third kappa shape index (κ3) is 5.03. The first-order valence-corrected chi connectivity index (χ1v) is 10.5. The SMILES string of the molecule is Cc1cc(C)n(-c2cc(Oc3ccc(NC(=O)CCC4CCCC4)cc3)ncn2)n1. The summed E-state index contributed by atoms with van der Waals surface area (Å²) >= 11 is 0. The molecule has 0 bridgehead atoms. The number of amides is 1. The first-order chi connectivity index (χ1) is 14.6. The van der Waals surface area contributed by atoms with E-state index in [1.807, 2.05) is 44.2 Å². The number of ether oxygens (including phenoxy) is 1. The Kier molecular flexibility index (Phi) is 6.07. The molecule has 1 aromatic carbocycles. The molecular formula is C23H27N5O2. The van der Waals surface area contributed by atoms with Crippen molar-refractivity contribution in [3.05, 3.63) is 54.1 Å². The van der Waals surface area contributed by atoms with Gasteiger partial charge in [-0.3, -0.25) is 4.79 Å². The molecule has 1 saturated carbocycles. The summed E-state index contributed by atoms with van der Waals surface area (Å²) in [5, 5.41) is 7.40. The van der Waals surface area contributed by atoms with E-state index in [0.717, 1.165) is 29.4 Å². The number of benzene rings is 1. The zero-order chi connectivity index (χ0) is 20.9. The van der Waals surface area contributed by atoms with Gasteiger partial charge in [-0.15, -0.1) is 0 Å². The number of rotatable bonds is 7. The Morgan fingerprint density at radius 2 is 1.90 bits per heavy atom. The average Bonchev–Trinajstić information content (AvgIpc) is 3.37. The molecule has 2 aromatic heterocycles. The van der Waals surface area contributed by atoms with Gasteiger partial charge >= 0.3 is 0 Å². The van der Waals surface area contributed by atoms with E-state index in [2.05, 4.69) is 20.4 Å². The molecule has 156 valence electrons. The molecule has 0 saturated heterocycles. The van der Waals surface area contributed by atoms with Crippen LogP contribution in [-0.4, -0.2) is 25.7 Å². The van der Waals surface area contributed by atoms with E-state index in [-0.39, 0.29) is 5.91 Å². The van der Waals surface area contributed by atoms with Gasteiger partial charge in [0.1, 0.15) is 12.1 Å². The van der Waals surface area contributed by atoms with Crippen LogP contribution in [0.25, 0.3) is 5.82 Å². The van der Waals surface area contributed by atoms with Crippen LogP contribution in [0, 0.1) is 19.8 Å². The Morgan fingerprint density at radius 3 is 2.60 bits per heavy atom. The van der Waals surface area contributed by atoms with Crippen molar-refractivity contribution in [1.29, 1.82) is 0 Å². The number of hydrogen-bond donors (Lipinski definition) is 1. The standard InChI is InChI=1S/C23H27N5O2/c1-16-13-17(2)28(27-16)21-14-23(25-15-24-21)30-20-10-8-19(9-11-20)26-22(29)12-7-18-5-3-4-6-18/h8-11,13-15,18H,3-7,12H2,1-2H3,(H,26,29). The monoisotopic (exact) mass is 405 g/mol. The highest BCUT2D eigenvalue weighted by molar-refractivity contribution is 5.90. The molecule has 0 atom stereocenters. The summed E-state index contributed by atoms with van der Waals surface area (Å²) in [6, 6.07) is 11.1. The lowest BCUT2D eigenvalue weighted by molar-refractivity contribution is -0.116. The zero-order valence-corrected chi connectivity index (χ0v) is 17.5. The number of carbonyl (C=O) groups is 1. The van der Waals surface area contributed by atoms with Crippen LogP contribution in [0.2, 0.25) is 0 Å². The lowest BCUT2D eigenvalue weighted by Crippen LogP contribution is -2.12. The topological polar surface area (TPSA) is 81.9 Å². The number of aryl methyl sites for hydroxylation is 2. The van der Waals surface area contributed by atoms with E-state index >= 15 is 0 Å². The first-order valence-electron chi connectivity index (χ1n) is 10.5. The van der Waals surface area contributed by atoms with Crippen molar-refractivity contribution in [2.45, 2.75) is 52.4 Å². The van der Waals surface area contributed by atoms with E-state index in [1.165, 1.54) is 32.0 Å². The fraction of sp³-hybridized carbons (Fsp3) is 0.391. The van der Waals surface area contributed by atoms with Crippen LogP contribution in [0.15, 0.2) is 42.7 Å². The van der Waals surface area contributed by atoms with Crippen LogP contribution < -0.4 is 10.1 Å². The van der Waals surface area contributed by atoms with Gasteiger partial charge in [-0.05, 0) is 56.5 Å². The van der Waals surface area contributed by atoms with Gasteiger partial charge in [0.05, 0.1) is 5.69 Å². The molecule has 0 radical (unpaired) electrons. The van der Waals surface area contributed by atoms with Gasteiger partial charge in [0.25, 0.3) is 0 Å². The summed E-state index contributed by atoms with van der Waals surface area (Å²) in [4.78, 5) is 20.6. The molecule has 1 aliphatic rings. The van der Waals surface area contributed by atoms with Crippen LogP contribution in [-0.2, 0) is 4.79 Å². The summed E-state index contributed by atoms with van der Waals surface area (Å²) in [5.41, 5.74) is 2.68. The van der Waals surface area contributed by atoms with E-state index in [0.29, 0.717) is 23.9 Å². The van der Waals surface area contributed by atoms with Crippen molar-refractivity contribution in [3.63, 3.8) is 0 Å². The number of carbonyl (C=O) groups excluding carboxylic acids is 1. The minimum absolute atomic E-state index is 0.0703.